The summed E-state index contributed by atoms with van der Waals surface area (Å²) >= 11 is 0. The van der Waals surface area contributed by atoms with Crippen LogP contribution in [0.25, 0.3) is 0 Å². The lowest BCUT2D eigenvalue weighted by Gasteiger charge is -2.43. The Balaban J connectivity index is 2.46. The number of benzene rings is 1. The first-order valence-electron chi connectivity index (χ1n) is 7.30. The molecule has 1 aliphatic rings. The van der Waals surface area contributed by atoms with Gasteiger partial charge in [0, 0.05) is 0 Å². The van der Waals surface area contributed by atoms with Crippen LogP contribution in [0.1, 0.15) is 43.7 Å². The molecule has 0 saturated heterocycles. The van der Waals surface area contributed by atoms with E-state index in [1.807, 2.05) is 19.9 Å². The van der Waals surface area contributed by atoms with E-state index in [0.717, 1.165) is 18.4 Å². The molecule has 5 heteroatoms. The molecule has 1 fully saturated rings. The Morgan fingerprint density at radius 3 is 2.48 bits per heavy atom. The molecule has 1 aromatic rings. The van der Waals surface area contributed by atoms with Crippen molar-refractivity contribution in [1.82, 2.24) is 0 Å². The summed E-state index contributed by atoms with van der Waals surface area (Å²) in [4.78, 5) is 11.9. The lowest BCUT2D eigenvalue weighted by atomic mass is 9.72. The molecule has 0 amide bonds. The summed E-state index contributed by atoms with van der Waals surface area (Å²) in [5, 5.41) is 9.55. The van der Waals surface area contributed by atoms with Gasteiger partial charge in [0.1, 0.15) is 0 Å². The van der Waals surface area contributed by atoms with E-state index in [2.05, 4.69) is 0 Å². The maximum absolute atomic E-state index is 12.9. The second-order valence-electron chi connectivity index (χ2n) is 6.13. The first-order valence-corrected chi connectivity index (χ1v) is 8.78. The predicted molar refractivity (Wildman–Crippen MR) is 81.1 cm³/mol. The summed E-state index contributed by atoms with van der Waals surface area (Å²) in [5.74, 6) is -1.01. The standard InChI is InChI=1S/C16H22O4S/c1-4-5-13-9-16(10-13,15(17)18)21(19,20)14-8-11(2)6-7-12(14)3/h6-8,13H,4-5,9-10H2,1-3H3,(H,17,18). The van der Waals surface area contributed by atoms with E-state index in [4.69, 9.17) is 0 Å². The van der Waals surface area contributed by atoms with Gasteiger partial charge in [0.05, 0.1) is 4.90 Å². The van der Waals surface area contributed by atoms with Crippen molar-refractivity contribution in [2.24, 2.45) is 5.92 Å². The van der Waals surface area contributed by atoms with E-state index in [1.165, 1.54) is 0 Å². The van der Waals surface area contributed by atoms with Gasteiger partial charge < -0.3 is 5.11 Å². The van der Waals surface area contributed by atoms with Gasteiger partial charge in [-0.05, 0) is 49.8 Å². The third-order valence-electron chi connectivity index (χ3n) is 4.47. The van der Waals surface area contributed by atoms with Gasteiger partial charge in [0.25, 0.3) is 0 Å². The number of hydrogen-bond donors (Lipinski definition) is 1. The second kappa shape index (κ2) is 5.44. The van der Waals surface area contributed by atoms with Crippen molar-refractivity contribution in [3.8, 4) is 0 Å². The average Bonchev–Trinajstić information content (AvgIpc) is 2.35. The second-order valence-corrected chi connectivity index (χ2v) is 8.36. The number of carbonyl (C=O) groups is 1. The number of rotatable bonds is 5. The first-order chi connectivity index (χ1) is 9.74. The van der Waals surface area contributed by atoms with Gasteiger partial charge in [-0.15, -0.1) is 0 Å². The minimum atomic E-state index is -3.87. The van der Waals surface area contributed by atoms with Crippen molar-refractivity contribution < 1.29 is 18.3 Å². The smallest absolute Gasteiger partial charge is 0.325 e. The third-order valence-corrected chi connectivity index (χ3v) is 7.03. The maximum Gasteiger partial charge on any atom is 0.325 e. The van der Waals surface area contributed by atoms with E-state index in [-0.39, 0.29) is 23.7 Å². The van der Waals surface area contributed by atoms with E-state index >= 15 is 0 Å². The Morgan fingerprint density at radius 2 is 1.95 bits per heavy atom. The van der Waals surface area contributed by atoms with Gasteiger partial charge in [-0.1, -0.05) is 31.9 Å². The van der Waals surface area contributed by atoms with Gasteiger partial charge in [-0.3, -0.25) is 4.79 Å². The molecule has 1 saturated carbocycles. The molecule has 2 rings (SSSR count). The Morgan fingerprint density at radius 1 is 1.33 bits per heavy atom. The third kappa shape index (κ3) is 2.48. The minimum absolute atomic E-state index is 0.167. The highest BCUT2D eigenvalue weighted by Crippen LogP contribution is 2.49. The molecule has 0 bridgehead atoms. The lowest BCUT2D eigenvalue weighted by Crippen LogP contribution is -2.56. The van der Waals surface area contributed by atoms with Crippen LogP contribution in [0.4, 0.5) is 0 Å². The molecule has 0 heterocycles. The van der Waals surface area contributed by atoms with Gasteiger partial charge in [-0.25, -0.2) is 8.42 Å². The summed E-state index contributed by atoms with van der Waals surface area (Å²) in [6, 6.07) is 5.16. The van der Waals surface area contributed by atoms with Crippen molar-refractivity contribution in [2.45, 2.75) is 56.1 Å². The summed E-state index contributed by atoms with van der Waals surface area (Å²) < 4.78 is 24.2. The normalized spacial score (nSPS) is 25.4. The highest BCUT2D eigenvalue weighted by molar-refractivity contribution is 7.93. The number of sulfone groups is 1. The zero-order valence-corrected chi connectivity index (χ0v) is 13.5. The van der Waals surface area contributed by atoms with Crippen molar-refractivity contribution >= 4 is 15.8 Å². The molecule has 1 aromatic carbocycles. The van der Waals surface area contributed by atoms with Crippen LogP contribution < -0.4 is 0 Å². The van der Waals surface area contributed by atoms with Crippen LogP contribution in [-0.4, -0.2) is 24.2 Å². The monoisotopic (exact) mass is 310 g/mol. The zero-order chi connectivity index (χ0) is 15.8. The van der Waals surface area contributed by atoms with Crippen molar-refractivity contribution in [2.75, 3.05) is 0 Å². The number of carboxylic acid groups (broad SMARTS) is 1. The maximum atomic E-state index is 12.9. The minimum Gasteiger partial charge on any atom is -0.480 e. The molecular weight excluding hydrogens is 288 g/mol. The van der Waals surface area contributed by atoms with Gasteiger partial charge in [0.2, 0.25) is 0 Å². The molecular formula is C16H22O4S. The fraction of sp³-hybridized carbons (Fsp3) is 0.562. The topological polar surface area (TPSA) is 71.4 Å². The van der Waals surface area contributed by atoms with E-state index in [9.17, 15) is 18.3 Å². The van der Waals surface area contributed by atoms with E-state index in [1.54, 1.807) is 19.1 Å². The van der Waals surface area contributed by atoms with Crippen molar-refractivity contribution in [3.63, 3.8) is 0 Å². The van der Waals surface area contributed by atoms with Crippen LogP contribution in [0.5, 0.6) is 0 Å². The largest absolute Gasteiger partial charge is 0.480 e. The Bertz CT molecular complexity index is 655. The lowest BCUT2D eigenvalue weighted by molar-refractivity contribution is -0.144. The highest BCUT2D eigenvalue weighted by atomic mass is 32.2. The SMILES string of the molecule is CCCC1CC(C(=O)O)(S(=O)(=O)c2cc(C)ccc2C)C1. The van der Waals surface area contributed by atoms with Gasteiger partial charge >= 0.3 is 5.97 Å². The molecule has 1 N–H and O–H groups in total. The molecule has 116 valence electrons. The fourth-order valence-corrected chi connectivity index (χ4v) is 5.60. The van der Waals surface area contributed by atoms with Crippen LogP contribution in [0.15, 0.2) is 23.1 Å². The summed E-state index contributed by atoms with van der Waals surface area (Å²) in [6.07, 6.45) is 2.29. The van der Waals surface area contributed by atoms with Gasteiger partial charge in [0.15, 0.2) is 14.6 Å². The molecule has 0 atom stereocenters. The number of aryl methyl sites for hydroxylation is 2. The van der Waals surface area contributed by atoms with Crippen LogP contribution in [-0.2, 0) is 14.6 Å². The van der Waals surface area contributed by atoms with Crippen LogP contribution in [0, 0.1) is 19.8 Å². The molecule has 21 heavy (non-hydrogen) atoms. The number of aliphatic carboxylic acids is 1. The number of carboxylic acids is 1. The quantitative estimate of drug-likeness (QED) is 0.907. The molecule has 0 aromatic heterocycles. The van der Waals surface area contributed by atoms with Gasteiger partial charge in [-0.2, -0.15) is 0 Å². The van der Waals surface area contributed by atoms with Crippen LogP contribution in [0.3, 0.4) is 0 Å². The van der Waals surface area contributed by atoms with E-state index < -0.39 is 20.6 Å². The molecule has 1 aliphatic carbocycles. The van der Waals surface area contributed by atoms with E-state index in [0.29, 0.717) is 5.56 Å². The summed E-state index contributed by atoms with van der Waals surface area (Å²) in [7, 11) is -3.87. The molecule has 0 unspecified atom stereocenters. The summed E-state index contributed by atoms with van der Waals surface area (Å²) in [6.45, 7) is 5.55. The summed E-state index contributed by atoms with van der Waals surface area (Å²) in [5.41, 5.74) is 1.43. The molecule has 0 spiro atoms. The Kier molecular flexibility index (Phi) is 4.15. The van der Waals surface area contributed by atoms with Crippen LogP contribution >= 0.6 is 0 Å². The predicted octanol–water partition coefficient (Wildman–Crippen LogP) is 3.11. The van der Waals surface area contributed by atoms with Crippen molar-refractivity contribution in [1.29, 1.82) is 0 Å². The fourth-order valence-electron chi connectivity index (χ4n) is 3.20. The van der Waals surface area contributed by atoms with Crippen molar-refractivity contribution in [3.05, 3.63) is 29.3 Å². The first kappa shape index (κ1) is 16.0. The molecule has 0 radical (unpaired) electrons. The van der Waals surface area contributed by atoms with Crippen LogP contribution in [0.2, 0.25) is 0 Å². The Hall–Kier alpha value is -1.36. The zero-order valence-electron chi connectivity index (χ0n) is 12.7. The molecule has 0 aliphatic heterocycles. The number of hydrogen-bond acceptors (Lipinski definition) is 3. The average molecular weight is 310 g/mol. The highest BCUT2D eigenvalue weighted by Gasteiger charge is 2.60. The molecule has 4 nitrogen and oxygen atoms in total. The Labute approximate surface area is 126 Å².